The van der Waals surface area contributed by atoms with Crippen LogP contribution in [-0.2, 0) is 11.3 Å². The first-order valence-corrected chi connectivity index (χ1v) is 10.4. The highest BCUT2D eigenvalue weighted by Gasteiger charge is 2.52. The lowest BCUT2D eigenvalue weighted by Gasteiger charge is -2.15. The molecule has 6 nitrogen and oxygen atoms in total. The van der Waals surface area contributed by atoms with E-state index in [1.54, 1.807) is 6.26 Å². The van der Waals surface area contributed by atoms with E-state index in [-0.39, 0.29) is 5.91 Å². The van der Waals surface area contributed by atoms with Crippen LogP contribution in [0.25, 0.3) is 11.6 Å². The lowest BCUT2D eigenvalue weighted by Crippen LogP contribution is -2.27. The fourth-order valence-corrected chi connectivity index (χ4v) is 4.30. The van der Waals surface area contributed by atoms with Crippen molar-refractivity contribution in [1.82, 2.24) is 14.8 Å². The zero-order valence-corrected chi connectivity index (χ0v) is 17.1. The number of anilines is 1. The predicted octanol–water partition coefficient (Wildman–Crippen LogP) is 4.94. The number of hydrogen-bond acceptors (Lipinski definition) is 5. The molecule has 1 saturated carbocycles. The molecule has 1 aliphatic carbocycles. The molecule has 7 heteroatoms. The Morgan fingerprint density at radius 2 is 2.00 bits per heavy atom. The van der Waals surface area contributed by atoms with Gasteiger partial charge in [0, 0.05) is 12.2 Å². The van der Waals surface area contributed by atoms with Gasteiger partial charge < -0.3 is 9.73 Å². The highest BCUT2D eigenvalue weighted by atomic mass is 32.2. The molecule has 0 unspecified atom stereocenters. The van der Waals surface area contributed by atoms with Gasteiger partial charge in [-0.15, -0.1) is 10.2 Å². The molecular weight excluding hydrogens is 372 g/mol. The minimum Gasteiger partial charge on any atom is -0.461 e. The van der Waals surface area contributed by atoms with Crippen molar-refractivity contribution in [3.63, 3.8) is 0 Å². The van der Waals surface area contributed by atoms with Crippen LogP contribution in [0.4, 0.5) is 5.69 Å². The van der Waals surface area contributed by atoms with Crippen LogP contribution >= 0.6 is 11.8 Å². The second kappa shape index (κ2) is 7.47. The highest BCUT2D eigenvalue weighted by molar-refractivity contribution is 8.01. The lowest BCUT2D eigenvalue weighted by atomic mass is 10.0. The van der Waals surface area contributed by atoms with Crippen LogP contribution in [0.1, 0.15) is 45.1 Å². The van der Waals surface area contributed by atoms with Crippen molar-refractivity contribution < 1.29 is 9.21 Å². The van der Waals surface area contributed by atoms with Crippen LogP contribution in [0, 0.1) is 0 Å². The van der Waals surface area contributed by atoms with Gasteiger partial charge >= 0.3 is 0 Å². The number of nitrogens with zero attached hydrogens (tertiary/aromatic N) is 3. The Kier molecular flexibility index (Phi) is 5.02. The van der Waals surface area contributed by atoms with Crippen LogP contribution in [0.15, 0.2) is 52.2 Å². The van der Waals surface area contributed by atoms with Crippen molar-refractivity contribution in [3.8, 4) is 11.6 Å². The lowest BCUT2D eigenvalue weighted by molar-refractivity contribution is -0.116. The molecule has 2 aromatic heterocycles. The van der Waals surface area contributed by atoms with E-state index in [1.165, 1.54) is 17.3 Å². The summed E-state index contributed by atoms with van der Waals surface area (Å²) >= 11 is 1.50. The van der Waals surface area contributed by atoms with Gasteiger partial charge in [-0.25, -0.2) is 0 Å². The monoisotopic (exact) mass is 396 g/mol. The number of amides is 1. The van der Waals surface area contributed by atoms with Crippen molar-refractivity contribution in [2.45, 2.75) is 56.0 Å². The summed E-state index contributed by atoms with van der Waals surface area (Å²) in [6, 6.07) is 11.8. The number of nitrogens with one attached hydrogen (secondary N) is 1. The molecule has 0 saturated heterocycles. The average Bonchev–Trinajstić information content (AvgIpc) is 3.10. The number of carbonyl (C=O) groups excluding carboxylic acids is 1. The smallest absolute Gasteiger partial charge is 0.241 e. The predicted molar refractivity (Wildman–Crippen MR) is 110 cm³/mol. The summed E-state index contributed by atoms with van der Waals surface area (Å²) in [4.78, 5) is 12.9. The van der Waals surface area contributed by atoms with Gasteiger partial charge in [0.25, 0.3) is 0 Å². The van der Waals surface area contributed by atoms with Gasteiger partial charge in [-0.2, -0.15) is 0 Å². The van der Waals surface area contributed by atoms with Crippen LogP contribution in [-0.4, -0.2) is 25.4 Å². The number of rotatable bonds is 7. The Labute approximate surface area is 168 Å². The van der Waals surface area contributed by atoms with Crippen molar-refractivity contribution in [3.05, 3.63) is 48.2 Å². The Morgan fingerprint density at radius 3 is 2.57 bits per heavy atom. The second-order valence-electron chi connectivity index (χ2n) is 7.35. The zero-order chi connectivity index (χ0) is 19.7. The summed E-state index contributed by atoms with van der Waals surface area (Å²) in [5.41, 5.74) is 2.09. The molecule has 0 bridgehead atoms. The molecule has 146 valence electrons. The first-order chi connectivity index (χ1) is 13.5. The number of thioether (sulfide) groups is 1. The molecule has 2 heterocycles. The molecule has 1 N–H and O–H groups in total. The topological polar surface area (TPSA) is 73.0 Å². The van der Waals surface area contributed by atoms with E-state index < -0.39 is 4.75 Å². The van der Waals surface area contributed by atoms with Crippen molar-refractivity contribution in [2.75, 3.05) is 5.32 Å². The summed E-state index contributed by atoms with van der Waals surface area (Å²) in [6.07, 6.45) is 3.29. The molecule has 28 heavy (non-hydrogen) atoms. The maximum atomic E-state index is 12.9. The van der Waals surface area contributed by atoms with E-state index in [4.69, 9.17) is 4.42 Å². The summed E-state index contributed by atoms with van der Waals surface area (Å²) in [7, 11) is 0. The third-order valence-electron chi connectivity index (χ3n) is 5.01. The Bertz CT molecular complexity index is 957. The molecule has 4 rings (SSSR count). The summed E-state index contributed by atoms with van der Waals surface area (Å²) < 4.78 is 6.98. The molecule has 0 aliphatic heterocycles. The molecule has 1 fully saturated rings. The number of hydrogen-bond donors (Lipinski definition) is 1. The quantitative estimate of drug-likeness (QED) is 0.612. The third-order valence-corrected chi connectivity index (χ3v) is 6.48. The van der Waals surface area contributed by atoms with Crippen molar-refractivity contribution in [2.24, 2.45) is 0 Å². The molecule has 1 amide bonds. The van der Waals surface area contributed by atoms with E-state index in [9.17, 15) is 4.79 Å². The Hall–Kier alpha value is -2.54. The van der Waals surface area contributed by atoms with Gasteiger partial charge in [-0.05, 0) is 55.5 Å². The minimum atomic E-state index is -0.475. The van der Waals surface area contributed by atoms with Crippen molar-refractivity contribution in [1.29, 1.82) is 0 Å². The van der Waals surface area contributed by atoms with E-state index in [1.807, 2.05) is 35.8 Å². The maximum absolute atomic E-state index is 12.9. The Morgan fingerprint density at radius 1 is 1.25 bits per heavy atom. The largest absolute Gasteiger partial charge is 0.461 e. The van der Waals surface area contributed by atoms with E-state index in [0.29, 0.717) is 24.0 Å². The molecule has 0 spiro atoms. The zero-order valence-electron chi connectivity index (χ0n) is 16.3. The number of furan rings is 1. The Balaban J connectivity index is 1.49. The first-order valence-electron chi connectivity index (χ1n) is 9.60. The SMILES string of the molecule is CCn1c(SC2(C(=O)Nc3ccc(C(C)C)cc3)CC2)nnc1-c1ccco1. The van der Waals surface area contributed by atoms with Gasteiger partial charge in [0.05, 0.1) is 6.26 Å². The van der Waals surface area contributed by atoms with Gasteiger partial charge in [-0.1, -0.05) is 37.7 Å². The number of benzene rings is 1. The fraction of sp³-hybridized carbons (Fsp3) is 0.381. The summed E-state index contributed by atoms with van der Waals surface area (Å²) in [5.74, 6) is 1.87. The standard InChI is InChI=1S/C21H24N4O2S/c1-4-25-18(17-6-5-13-27-17)23-24-20(25)28-21(11-12-21)19(26)22-16-9-7-15(8-10-16)14(2)3/h5-10,13-14H,4,11-12H2,1-3H3,(H,22,26). The maximum Gasteiger partial charge on any atom is 0.241 e. The van der Waals surface area contributed by atoms with Crippen LogP contribution in [0.3, 0.4) is 0 Å². The molecule has 3 aromatic rings. The molecule has 1 aliphatic rings. The fourth-order valence-electron chi connectivity index (χ4n) is 3.10. The summed E-state index contributed by atoms with van der Waals surface area (Å²) in [6.45, 7) is 7.06. The molecular formula is C21H24N4O2S. The van der Waals surface area contributed by atoms with Crippen LogP contribution in [0.5, 0.6) is 0 Å². The average molecular weight is 397 g/mol. The molecule has 0 atom stereocenters. The van der Waals surface area contributed by atoms with Crippen LogP contribution < -0.4 is 5.32 Å². The van der Waals surface area contributed by atoms with Crippen molar-refractivity contribution >= 4 is 23.4 Å². The summed E-state index contributed by atoms with van der Waals surface area (Å²) in [5, 5.41) is 12.4. The van der Waals surface area contributed by atoms with Gasteiger partial charge in [-0.3, -0.25) is 9.36 Å². The second-order valence-corrected chi connectivity index (χ2v) is 8.71. The molecule has 1 aromatic carbocycles. The number of aromatic nitrogens is 3. The van der Waals surface area contributed by atoms with E-state index in [2.05, 4.69) is 41.5 Å². The van der Waals surface area contributed by atoms with Gasteiger partial charge in [0.15, 0.2) is 16.7 Å². The van der Waals surface area contributed by atoms with Gasteiger partial charge in [0.1, 0.15) is 4.75 Å². The minimum absolute atomic E-state index is 0.0278. The highest BCUT2D eigenvalue weighted by Crippen LogP contribution is 2.52. The molecule has 0 radical (unpaired) electrons. The normalized spacial score (nSPS) is 15.0. The van der Waals surface area contributed by atoms with Gasteiger partial charge in [0.2, 0.25) is 5.91 Å². The third kappa shape index (κ3) is 3.58. The van der Waals surface area contributed by atoms with E-state index >= 15 is 0 Å². The van der Waals surface area contributed by atoms with E-state index in [0.717, 1.165) is 23.7 Å². The number of carbonyl (C=O) groups is 1. The van der Waals surface area contributed by atoms with Crippen LogP contribution in [0.2, 0.25) is 0 Å². The first kappa shape index (κ1) is 18.8.